The average molecular weight is 205 g/mol. The summed E-state index contributed by atoms with van der Waals surface area (Å²) in [5.74, 6) is -0.0958. The lowest BCUT2D eigenvalue weighted by atomic mass is 10.1. The quantitative estimate of drug-likeness (QED) is 0.780. The molecule has 15 heavy (non-hydrogen) atoms. The first-order chi connectivity index (χ1) is 7.15. The Labute approximate surface area is 89.1 Å². The molecule has 2 N–H and O–H groups in total. The second-order valence-electron chi connectivity index (χ2n) is 4.26. The number of carbonyl (C=O) groups is 1. The van der Waals surface area contributed by atoms with Crippen molar-refractivity contribution < 1.29 is 9.90 Å². The third-order valence-electron chi connectivity index (χ3n) is 2.85. The van der Waals surface area contributed by atoms with Gasteiger partial charge >= 0.3 is 0 Å². The molecule has 1 saturated carbocycles. The van der Waals surface area contributed by atoms with Crippen LogP contribution in [0.25, 0.3) is 0 Å². The van der Waals surface area contributed by atoms with E-state index in [2.05, 4.69) is 5.32 Å². The molecule has 2 rings (SSSR count). The summed E-state index contributed by atoms with van der Waals surface area (Å²) < 4.78 is 0. The number of aliphatic hydroxyl groups is 1. The van der Waals surface area contributed by atoms with Crippen molar-refractivity contribution in [3.8, 4) is 0 Å². The Morgan fingerprint density at radius 3 is 2.47 bits per heavy atom. The molecular weight excluding hydrogens is 190 g/mol. The van der Waals surface area contributed by atoms with Gasteiger partial charge < -0.3 is 10.4 Å². The molecule has 80 valence electrons. The van der Waals surface area contributed by atoms with Gasteiger partial charge in [-0.25, -0.2) is 0 Å². The van der Waals surface area contributed by atoms with Crippen LogP contribution in [0.3, 0.4) is 0 Å². The number of aliphatic hydroxyl groups excluding tert-OH is 1. The van der Waals surface area contributed by atoms with Crippen molar-refractivity contribution >= 4 is 5.91 Å². The van der Waals surface area contributed by atoms with E-state index in [9.17, 15) is 4.79 Å². The van der Waals surface area contributed by atoms with Crippen LogP contribution in [-0.2, 0) is 0 Å². The van der Waals surface area contributed by atoms with Gasteiger partial charge in [0.1, 0.15) is 0 Å². The number of carbonyl (C=O) groups excluding carboxylic acids is 1. The predicted octanol–water partition coefficient (Wildman–Crippen LogP) is 1.25. The lowest BCUT2D eigenvalue weighted by Crippen LogP contribution is -2.39. The van der Waals surface area contributed by atoms with Crippen LogP contribution in [0.4, 0.5) is 0 Å². The smallest absolute Gasteiger partial charge is 0.251 e. The first-order valence-electron chi connectivity index (χ1n) is 5.15. The standard InChI is InChI=1S/C12H15NO2/c1-9-2-4-10(5-3-9)11(15)13-12(8-14)6-7-12/h2-5,14H,6-8H2,1H3,(H,13,15). The summed E-state index contributed by atoms with van der Waals surface area (Å²) in [5.41, 5.74) is 1.46. The van der Waals surface area contributed by atoms with Crippen molar-refractivity contribution in [3.05, 3.63) is 35.4 Å². The largest absolute Gasteiger partial charge is 0.394 e. The number of aryl methyl sites for hydroxylation is 1. The fraction of sp³-hybridized carbons (Fsp3) is 0.417. The Morgan fingerprint density at radius 1 is 1.40 bits per heavy atom. The van der Waals surface area contributed by atoms with E-state index in [1.165, 1.54) is 0 Å². The normalized spacial score (nSPS) is 17.2. The number of nitrogens with one attached hydrogen (secondary N) is 1. The van der Waals surface area contributed by atoms with Crippen LogP contribution in [0.1, 0.15) is 28.8 Å². The lowest BCUT2D eigenvalue weighted by molar-refractivity contribution is 0.0907. The van der Waals surface area contributed by atoms with Gasteiger partial charge in [-0.1, -0.05) is 17.7 Å². The average Bonchev–Trinajstić information content (AvgIpc) is 2.99. The molecule has 1 aliphatic carbocycles. The summed E-state index contributed by atoms with van der Waals surface area (Å²) >= 11 is 0. The van der Waals surface area contributed by atoms with Gasteiger partial charge in [0.25, 0.3) is 5.91 Å². The Morgan fingerprint density at radius 2 is 2.00 bits per heavy atom. The molecule has 0 saturated heterocycles. The summed E-state index contributed by atoms with van der Waals surface area (Å²) in [6.45, 7) is 2.02. The Kier molecular flexibility index (Phi) is 2.49. The number of hydrogen-bond donors (Lipinski definition) is 2. The zero-order valence-corrected chi connectivity index (χ0v) is 8.79. The van der Waals surface area contributed by atoms with Gasteiger partial charge in [-0.05, 0) is 31.9 Å². The SMILES string of the molecule is Cc1ccc(C(=O)NC2(CO)CC2)cc1. The molecule has 0 unspecified atom stereocenters. The van der Waals surface area contributed by atoms with Crippen molar-refractivity contribution in [1.29, 1.82) is 0 Å². The molecule has 1 aromatic carbocycles. The van der Waals surface area contributed by atoms with Crippen LogP contribution < -0.4 is 5.32 Å². The lowest BCUT2D eigenvalue weighted by Gasteiger charge is -2.14. The van der Waals surface area contributed by atoms with E-state index in [1.54, 1.807) is 12.1 Å². The van der Waals surface area contributed by atoms with Gasteiger partial charge in [0.2, 0.25) is 0 Å². The summed E-state index contributed by atoms with van der Waals surface area (Å²) in [5, 5.41) is 11.9. The van der Waals surface area contributed by atoms with E-state index in [0.717, 1.165) is 18.4 Å². The maximum Gasteiger partial charge on any atom is 0.251 e. The molecule has 0 aromatic heterocycles. The molecule has 0 radical (unpaired) electrons. The topological polar surface area (TPSA) is 49.3 Å². The summed E-state index contributed by atoms with van der Waals surface area (Å²) in [7, 11) is 0. The molecule has 0 bridgehead atoms. The number of benzene rings is 1. The maximum absolute atomic E-state index is 11.7. The van der Waals surface area contributed by atoms with Gasteiger partial charge in [0.05, 0.1) is 12.1 Å². The van der Waals surface area contributed by atoms with Gasteiger partial charge in [-0.15, -0.1) is 0 Å². The van der Waals surface area contributed by atoms with Crippen molar-refractivity contribution in [3.63, 3.8) is 0 Å². The van der Waals surface area contributed by atoms with Crippen LogP contribution in [0.15, 0.2) is 24.3 Å². The van der Waals surface area contributed by atoms with Crippen molar-refractivity contribution in [2.45, 2.75) is 25.3 Å². The fourth-order valence-corrected chi connectivity index (χ4v) is 1.49. The molecule has 1 amide bonds. The predicted molar refractivity (Wildman–Crippen MR) is 57.7 cm³/mol. The van der Waals surface area contributed by atoms with E-state index in [4.69, 9.17) is 5.11 Å². The minimum atomic E-state index is -0.331. The Hall–Kier alpha value is -1.35. The van der Waals surface area contributed by atoms with Crippen LogP contribution in [0, 0.1) is 6.92 Å². The van der Waals surface area contributed by atoms with E-state index in [1.807, 2.05) is 19.1 Å². The third kappa shape index (κ3) is 2.18. The minimum Gasteiger partial charge on any atom is -0.394 e. The van der Waals surface area contributed by atoms with E-state index in [0.29, 0.717) is 5.56 Å². The Balaban J connectivity index is 2.05. The summed E-state index contributed by atoms with van der Waals surface area (Å²) in [6.07, 6.45) is 1.75. The third-order valence-corrected chi connectivity index (χ3v) is 2.85. The van der Waals surface area contributed by atoms with E-state index in [-0.39, 0.29) is 18.1 Å². The monoisotopic (exact) mass is 205 g/mol. The van der Waals surface area contributed by atoms with Crippen LogP contribution >= 0.6 is 0 Å². The molecular formula is C12H15NO2. The number of hydrogen-bond acceptors (Lipinski definition) is 2. The molecule has 0 aliphatic heterocycles. The molecule has 0 spiro atoms. The molecule has 1 fully saturated rings. The van der Waals surface area contributed by atoms with Crippen LogP contribution in [-0.4, -0.2) is 23.2 Å². The minimum absolute atomic E-state index is 0.0323. The van der Waals surface area contributed by atoms with Gasteiger partial charge in [-0.2, -0.15) is 0 Å². The molecule has 3 heteroatoms. The molecule has 3 nitrogen and oxygen atoms in total. The molecule has 1 aromatic rings. The highest BCUT2D eigenvalue weighted by atomic mass is 16.3. The van der Waals surface area contributed by atoms with Crippen molar-refractivity contribution in [2.24, 2.45) is 0 Å². The van der Waals surface area contributed by atoms with Gasteiger partial charge in [0.15, 0.2) is 0 Å². The maximum atomic E-state index is 11.7. The second-order valence-corrected chi connectivity index (χ2v) is 4.26. The first-order valence-corrected chi connectivity index (χ1v) is 5.15. The van der Waals surface area contributed by atoms with Crippen molar-refractivity contribution in [1.82, 2.24) is 5.32 Å². The van der Waals surface area contributed by atoms with Gasteiger partial charge in [-0.3, -0.25) is 4.79 Å². The van der Waals surface area contributed by atoms with Crippen molar-refractivity contribution in [2.75, 3.05) is 6.61 Å². The summed E-state index contributed by atoms with van der Waals surface area (Å²) in [6, 6.07) is 7.43. The van der Waals surface area contributed by atoms with Gasteiger partial charge in [0, 0.05) is 5.56 Å². The highest BCUT2D eigenvalue weighted by molar-refractivity contribution is 5.95. The van der Waals surface area contributed by atoms with E-state index >= 15 is 0 Å². The second kappa shape index (κ2) is 3.66. The first kappa shape index (κ1) is 10.2. The Bertz CT molecular complexity index is 366. The zero-order valence-electron chi connectivity index (χ0n) is 8.79. The zero-order chi connectivity index (χ0) is 10.9. The number of rotatable bonds is 3. The number of amides is 1. The van der Waals surface area contributed by atoms with Crippen LogP contribution in [0.2, 0.25) is 0 Å². The molecule has 1 aliphatic rings. The fourth-order valence-electron chi connectivity index (χ4n) is 1.49. The highest BCUT2D eigenvalue weighted by Crippen LogP contribution is 2.34. The highest BCUT2D eigenvalue weighted by Gasteiger charge is 2.43. The molecule has 0 heterocycles. The van der Waals surface area contributed by atoms with E-state index < -0.39 is 0 Å². The molecule has 0 atom stereocenters. The van der Waals surface area contributed by atoms with Crippen LogP contribution in [0.5, 0.6) is 0 Å². The summed E-state index contributed by atoms with van der Waals surface area (Å²) in [4.78, 5) is 11.7.